The van der Waals surface area contributed by atoms with Gasteiger partial charge in [0.2, 0.25) is 0 Å². The molecule has 0 spiro atoms. The molecule has 25 heavy (non-hydrogen) atoms. The van der Waals surface area contributed by atoms with Gasteiger partial charge in [0.1, 0.15) is 5.58 Å². The van der Waals surface area contributed by atoms with Crippen molar-refractivity contribution in [2.45, 2.75) is 26.4 Å². The van der Waals surface area contributed by atoms with E-state index in [1.165, 1.54) is 5.56 Å². The lowest BCUT2D eigenvalue weighted by molar-refractivity contribution is 0.255. The topological polar surface area (TPSA) is 59.5 Å². The fraction of sp³-hybridized carbons (Fsp3) is 0.286. The van der Waals surface area contributed by atoms with Crippen molar-refractivity contribution >= 4 is 11.0 Å². The highest BCUT2D eigenvalue weighted by Gasteiger charge is 2.11. The largest absolute Gasteiger partial charge is 0.423 e. The normalized spacial score (nSPS) is 11.3. The first kappa shape index (κ1) is 17.4. The van der Waals surface area contributed by atoms with Crippen LogP contribution in [0.5, 0.6) is 0 Å². The van der Waals surface area contributed by atoms with Crippen LogP contribution in [0.2, 0.25) is 0 Å². The van der Waals surface area contributed by atoms with Gasteiger partial charge in [-0.2, -0.15) is 0 Å². The van der Waals surface area contributed by atoms with Crippen molar-refractivity contribution in [3.63, 3.8) is 0 Å². The summed E-state index contributed by atoms with van der Waals surface area (Å²) in [6.07, 6.45) is 0.922. The van der Waals surface area contributed by atoms with Crippen LogP contribution >= 0.6 is 0 Å². The summed E-state index contributed by atoms with van der Waals surface area (Å²) in [6.45, 7) is 5.06. The summed E-state index contributed by atoms with van der Waals surface area (Å²) in [4.78, 5) is 14.3. The lowest BCUT2D eigenvalue weighted by Gasteiger charge is -2.23. The Hall–Kier alpha value is -2.43. The monoisotopic (exact) mass is 336 g/mol. The lowest BCUT2D eigenvalue weighted by atomic mass is 10.1. The zero-order valence-corrected chi connectivity index (χ0v) is 14.6. The fourth-order valence-corrected chi connectivity index (χ4v) is 3.08. The molecule has 1 heterocycles. The van der Waals surface area contributed by atoms with E-state index in [0.717, 1.165) is 36.0 Å². The van der Waals surface area contributed by atoms with Crippen molar-refractivity contribution in [1.29, 1.82) is 0 Å². The molecular formula is C21H24N2O2. The third-order valence-electron chi connectivity index (χ3n) is 4.31. The third kappa shape index (κ3) is 4.56. The highest BCUT2D eigenvalue weighted by molar-refractivity contribution is 5.80. The second kappa shape index (κ2) is 8.10. The second-order valence-corrected chi connectivity index (χ2v) is 6.43. The zero-order chi connectivity index (χ0) is 17.6. The smallest absolute Gasteiger partial charge is 0.336 e. The van der Waals surface area contributed by atoms with Crippen LogP contribution in [-0.4, -0.2) is 18.0 Å². The number of nitrogens with zero attached hydrogens (tertiary/aromatic N) is 1. The van der Waals surface area contributed by atoms with Crippen molar-refractivity contribution in [2.24, 2.45) is 5.73 Å². The molecule has 0 unspecified atom stereocenters. The number of fused-ring (bicyclic) bond motifs is 1. The standard InChI is InChI=1S/C21H24N2O2/c1-16-8-9-19-18(13-21(24)25-20(19)12-16)15-23(11-5-10-22)14-17-6-3-2-4-7-17/h2-4,6-9,12-13H,5,10-11,14-15,22H2,1H3. The predicted molar refractivity (Wildman–Crippen MR) is 101 cm³/mol. The molecule has 4 nitrogen and oxygen atoms in total. The molecule has 1 aromatic heterocycles. The van der Waals surface area contributed by atoms with Crippen LogP contribution < -0.4 is 11.4 Å². The molecule has 3 rings (SSSR count). The Morgan fingerprint density at radius 3 is 2.60 bits per heavy atom. The van der Waals surface area contributed by atoms with E-state index in [9.17, 15) is 4.79 Å². The first-order valence-electron chi connectivity index (χ1n) is 8.65. The zero-order valence-electron chi connectivity index (χ0n) is 14.6. The van der Waals surface area contributed by atoms with Gasteiger partial charge in [0.05, 0.1) is 0 Å². The molecule has 0 aliphatic carbocycles. The molecular weight excluding hydrogens is 312 g/mol. The summed E-state index contributed by atoms with van der Waals surface area (Å²) in [6, 6.07) is 18.0. The van der Waals surface area contributed by atoms with E-state index >= 15 is 0 Å². The first-order valence-corrected chi connectivity index (χ1v) is 8.65. The maximum atomic E-state index is 12.0. The maximum Gasteiger partial charge on any atom is 0.336 e. The van der Waals surface area contributed by atoms with Gasteiger partial charge in [0.25, 0.3) is 0 Å². The number of hydrogen-bond donors (Lipinski definition) is 1. The predicted octanol–water partition coefficient (Wildman–Crippen LogP) is 3.45. The third-order valence-corrected chi connectivity index (χ3v) is 4.31. The average molecular weight is 336 g/mol. The summed E-state index contributed by atoms with van der Waals surface area (Å²) >= 11 is 0. The Morgan fingerprint density at radius 1 is 1.04 bits per heavy atom. The van der Waals surface area contributed by atoms with Gasteiger partial charge in [-0.3, -0.25) is 4.90 Å². The Kier molecular flexibility index (Phi) is 5.64. The molecule has 0 saturated heterocycles. The van der Waals surface area contributed by atoms with Crippen molar-refractivity contribution in [2.75, 3.05) is 13.1 Å². The minimum Gasteiger partial charge on any atom is -0.423 e. The van der Waals surface area contributed by atoms with E-state index in [1.54, 1.807) is 6.07 Å². The molecule has 0 atom stereocenters. The average Bonchev–Trinajstić information content (AvgIpc) is 2.60. The van der Waals surface area contributed by atoms with Gasteiger partial charge < -0.3 is 10.2 Å². The minimum atomic E-state index is -0.299. The van der Waals surface area contributed by atoms with Gasteiger partial charge in [-0.05, 0) is 42.6 Å². The summed E-state index contributed by atoms with van der Waals surface area (Å²) in [5, 5.41) is 0.996. The molecule has 0 amide bonds. The van der Waals surface area contributed by atoms with Crippen LogP contribution in [0.3, 0.4) is 0 Å². The van der Waals surface area contributed by atoms with Crippen molar-refractivity contribution in [3.05, 3.63) is 81.7 Å². The molecule has 0 fully saturated rings. The van der Waals surface area contributed by atoms with E-state index in [-0.39, 0.29) is 5.63 Å². The van der Waals surface area contributed by atoms with E-state index in [0.29, 0.717) is 18.7 Å². The molecule has 0 aliphatic rings. The van der Waals surface area contributed by atoms with E-state index in [2.05, 4.69) is 17.0 Å². The van der Waals surface area contributed by atoms with Crippen molar-refractivity contribution in [1.82, 2.24) is 4.90 Å². The number of nitrogens with two attached hydrogens (primary N) is 1. The summed E-state index contributed by atoms with van der Waals surface area (Å²) < 4.78 is 5.37. The maximum absolute atomic E-state index is 12.0. The molecule has 2 N–H and O–H groups in total. The molecule has 0 radical (unpaired) electrons. The van der Waals surface area contributed by atoms with E-state index in [4.69, 9.17) is 10.2 Å². The highest BCUT2D eigenvalue weighted by Crippen LogP contribution is 2.20. The van der Waals surface area contributed by atoms with Crippen molar-refractivity contribution < 1.29 is 4.42 Å². The summed E-state index contributed by atoms with van der Waals surface area (Å²) in [5.74, 6) is 0. The lowest BCUT2D eigenvalue weighted by Crippen LogP contribution is -2.26. The molecule has 3 aromatic rings. The number of aryl methyl sites for hydroxylation is 1. The van der Waals surface area contributed by atoms with Crippen molar-refractivity contribution in [3.8, 4) is 0 Å². The van der Waals surface area contributed by atoms with Gasteiger partial charge in [0, 0.05) is 31.1 Å². The second-order valence-electron chi connectivity index (χ2n) is 6.43. The van der Waals surface area contributed by atoms with Gasteiger partial charge in [-0.25, -0.2) is 4.79 Å². The van der Waals surface area contributed by atoms with Crippen LogP contribution in [0.1, 0.15) is 23.1 Å². The molecule has 4 heteroatoms. The summed E-state index contributed by atoms with van der Waals surface area (Å²) in [7, 11) is 0. The van der Waals surface area contributed by atoms with E-state index in [1.807, 2.05) is 43.3 Å². The molecule has 0 aliphatic heterocycles. The quantitative estimate of drug-likeness (QED) is 0.671. The Bertz CT molecular complexity index is 887. The van der Waals surface area contributed by atoms with Crippen LogP contribution in [-0.2, 0) is 13.1 Å². The molecule has 130 valence electrons. The van der Waals surface area contributed by atoms with Crippen LogP contribution in [0.25, 0.3) is 11.0 Å². The van der Waals surface area contributed by atoms with E-state index < -0.39 is 0 Å². The van der Waals surface area contributed by atoms with Crippen LogP contribution in [0, 0.1) is 6.92 Å². The van der Waals surface area contributed by atoms with Gasteiger partial charge in [-0.15, -0.1) is 0 Å². The minimum absolute atomic E-state index is 0.299. The number of benzene rings is 2. The Labute approximate surface area is 147 Å². The molecule has 0 saturated carbocycles. The van der Waals surface area contributed by atoms with Crippen LogP contribution in [0.4, 0.5) is 0 Å². The fourth-order valence-electron chi connectivity index (χ4n) is 3.08. The van der Waals surface area contributed by atoms with Gasteiger partial charge in [0.15, 0.2) is 0 Å². The van der Waals surface area contributed by atoms with Crippen LogP contribution in [0.15, 0.2) is 63.8 Å². The summed E-state index contributed by atoms with van der Waals surface area (Å²) in [5.41, 5.74) is 9.39. The Balaban J connectivity index is 1.90. The Morgan fingerprint density at radius 2 is 1.84 bits per heavy atom. The van der Waals surface area contributed by atoms with Gasteiger partial charge in [-0.1, -0.05) is 42.5 Å². The molecule has 2 aromatic carbocycles. The number of rotatable bonds is 7. The SMILES string of the molecule is Cc1ccc2c(CN(CCCN)Cc3ccccc3)cc(=O)oc2c1. The highest BCUT2D eigenvalue weighted by atomic mass is 16.4. The molecule has 0 bridgehead atoms. The number of hydrogen-bond acceptors (Lipinski definition) is 4. The first-order chi connectivity index (χ1) is 12.2. The van der Waals surface area contributed by atoms with Gasteiger partial charge >= 0.3 is 5.63 Å².